The fourth-order valence-electron chi connectivity index (χ4n) is 4.12. The molecule has 0 aliphatic heterocycles. The first kappa shape index (κ1) is 15.2. The molecular weight excluding hydrogens is 312 g/mol. The molecule has 26 heavy (non-hydrogen) atoms. The molecule has 0 saturated carbocycles. The van der Waals surface area contributed by atoms with Crippen molar-refractivity contribution in [2.45, 2.75) is 13.3 Å². The number of aryl methyl sites for hydroxylation is 1. The summed E-state index contributed by atoms with van der Waals surface area (Å²) < 4.78 is 0. The lowest BCUT2D eigenvalue weighted by Gasteiger charge is -2.16. The minimum Gasteiger partial charge on any atom is -0.0622 e. The Morgan fingerprint density at radius 3 is 2.04 bits per heavy atom. The van der Waals surface area contributed by atoms with Crippen LogP contribution < -0.4 is 0 Å². The Morgan fingerprint density at radius 2 is 1.23 bits per heavy atom. The minimum absolute atomic E-state index is 1.01. The molecule has 1 aliphatic rings. The Morgan fingerprint density at radius 1 is 0.538 bits per heavy atom. The summed E-state index contributed by atoms with van der Waals surface area (Å²) in [6.45, 7) is 2.15. The van der Waals surface area contributed by atoms with Gasteiger partial charge in [0.25, 0.3) is 0 Å². The second kappa shape index (κ2) is 6.00. The van der Waals surface area contributed by atoms with Crippen molar-refractivity contribution in [1.29, 1.82) is 0 Å². The van der Waals surface area contributed by atoms with Gasteiger partial charge >= 0.3 is 0 Å². The molecule has 5 rings (SSSR count). The number of benzene rings is 4. The van der Waals surface area contributed by atoms with E-state index in [1.165, 1.54) is 50.1 Å². The van der Waals surface area contributed by atoms with E-state index in [2.05, 4.69) is 97.9 Å². The predicted molar refractivity (Wildman–Crippen MR) is 110 cm³/mol. The van der Waals surface area contributed by atoms with E-state index in [0.29, 0.717) is 0 Å². The summed E-state index contributed by atoms with van der Waals surface area (Å²) in [5, 5.41) is 0. The van der Waals surface area contributed by atoms with Crippen LogP contribution in [0.2, 0.25) is 0 Å². The van der Waals surface area contributed by atoms with E-state index in [-0.39, 0.29) is 0 Å². The molecule has 0 heterocycles. The van der Waals surface area contributed by atoms with Crippen LogP contribution in [-0.2, 0) is 6.42 Å². The molecule has 0 bridgehead atoms. The fourth-order valence-corrected chi connectivity index (χ4v) is 4.12. The molecule has 0 spiro atoms. The van der Waals surface area contributed by atoms with Gasteiger partial charge in [-0.25, -0.2) is 0 Å². The van der Waals surface area contributed by atoms with Crippen LogP contribution >= 0.6 is 0 Å². The first-order valence-electron chi connectivity index (χ1n) is 9.18. The van der Waals surface area contributed by atoms with E-state index in [1.54, 1.807) is 0 Å². The summed E-state index contributed by atoms with van der Waals surface area (Å²) in [7, 11) is 0. The molecule has 4 aromatic carbocycles. The average molecular weight is 332 g/mol. The van der Waals surface area contributed by atoms with Gasteiger partial charge in [0.2, 0.25) is 0 Å². The van der Waals surface area contributed by atoms with Crippen LogP contribution in [0, 0.1) is 6.92 Å². The molecular formula is C26H20. The van der Waals surface area contributed by atoms with Crippen molar-refractivity contribution in [3.8, 4) is 33.4 Å². The summed E-state index contributed by atoms with van der Waals surface area (Å²) in [4.78, 5) is 0. The van der Waals surface area contributed by atoms with Gasteiger partial charge in [-0.15, -0.1) is 0 Å². The minimum atomic E-state index is 1.01. The average Bonchev–Trinajstić information content (AvgIpc) is 3.07. The van der Waals surface area contributed by atoms with Gasteiger partial charge in [0, 0.05) is 0 Å². The molecule has 0 amide bonds. The maximum absolute atomic E-state index is 2.31. The van der Waals surface area contributed by atoms with Gasteiger partial charge in [-0.1, -0.05) is 96.6 Å². The van der Waals surface area contributed by atoms with Gasteiger partial charge in [-0.05, 0) is 57.9 Å². The van der Waals surface area contributed by atoms with E-state index >= 15 is 0 Å². The van der Waals surface area contributed by atoms with E-state index in [1.807, 2.05) is 0 Å². The molecule has 0 unspecified atom stereocenters. The zero-order chi connectivity index (χ0) is 17.5. The zero-order valence-corrected chi connectivity index (χ0v) is 14.9. The third-order valence-electron chi connectivity index (χ3n) is 5.41. The smallest absolute Gasteiger partial charge is 0.000706 e. The summed E-state index contributed by atoms with van der Waals surface area (Å²) in [6.07, 6.45) is 1.01. The molecule has 0 nitrogen and oxygen atoms in total. The third-order valence-corrected chi connectivity index (χ3v) is 5.41. The largest absolute Gasteiger partial charge is 0.0622 e. The number of fused-ring (bicyclic) bond motifs is 3. The van der Waals surface area contributed by atoms with Crippen LogP contribution in [0.25, 0.3) is 33.4 Å². The molecule has 0 heteroatoms. The van der Waals surface area contributed by atoms with Crippen molar-refractivity contribution < 1.29 is 0 Å². The number of rotatable bonds is 2. The van der Waals surface area contributed by atoms with Crippen molar-refractivity contribution >= 4 is 0 Å². The Balaban J connectivity index is 1.80. The van der Waals surface area contributed by atoms with Crippen LogP contribution in [0.4, 0.5) is 0 Å². The van der Waals surface area contributed by atoms with Crippen LogP contribution in [-0.4, -0.2) is 0 Å². The highest BCUT2D eigenvalue weighted by Gasteiger charge is 2.23. The molecule has 4 aromatic rings. The lowest BCUT2D eigenvalue weighted by Crippen LogP contribution is -1.93. The SMILES string of the molecule is Cc1ccc(-c2c(-c3ccccc3)ccc3c2Cc2ccccc2-3)cc1. The van der Waals surface area contributed by atoms with Gasteiger partial charge in [0.1, 0.15) is 0 Å². The highest BCUT2D eigenvalue weighted by Crippen LogP contribution is 2.45. The Bertz CT molecular complexity index is 1090. The van der Waals surface area contributed by atoms with E-state index < -0.39 is 0 Å². The Hall–Kier alpha value is -3.12. The van der Waals surface area contributed by atoms with Gasteiger partial charge in [0.15, 0.2) is 0 Å². The summed E-state index contributed by atoms with van der Waals surface area (Å²) >= 11 is 0. The Labute approximate surface area is 154 Å². The zero-order valence-electron chi connectivity index (χ0n) is 14.9. The van der Waals surface area contributed by atoms with E-state index in [0.717, 1.165) is 6.42 Å². The molecule has 1 aliphatic carbocycles. The standard InChI is InChI=1S/C26H20/c1-18-11-13-20(14-12-18)26-23(19-7-3-2-4-8-19)15-16-24-22-10-6-5-9-21(22)17-25(24)26/h2-16H,17H2,1H3. The summed E-state index contributed by atoms with van der Waals surface area (Å²) in [5.41, 5.74) is 12.2. The second-order valence-corrected chi connectivity index (χ2v) is 7.08. The molecule has 0 fully saturated rings. The van der Waals surface area contributed by atoms with Crippen molar-refractivity contribution in [1.82, 2.24) is 0 Å². The van der Waals surface area contributed by atoms with Crippen LogP contribution in [0.3, 0.4) is 0 Å². The van der Waals surface area contributed by atoms with E-state index in [4.69, 9.17) is 0 Å². The molecule has 0 aromatic heterocycles. The molecule has 0 saturated heterocycles. The first-order valence-corrected chi connectivity index (χ1v) is 9.18. The molecule has 0 N–H and O–H groups in total. The van der Waals surface area contributed by atoms with Crippen molar-refractivity contribution in [2.24, 2.45) is 0 Å². The first-order chi connectivity index (χ1) is 12.8. The van der Waals surface area contributed by atoms with Crippen LogP contribution in [0.1, 0.15) is 16.7 Å². The summed E-state index contributed by atoms with van der Waals surface area (Å²) in [5.74, 6) is 0. The van der Waals surface area contributed by atoms with Gasteiger partial charge < -0.3 is 0 Å². The molecule has 0 atom stereocenters. The predicted octanol–water partition coefficient (Wildman–Crippen LogP) is 6.90. The highest BCUT2D eigenvalue weighted by molar-refractivity contribution is 5.93. The number of hydrogen-bond donors (Lipinski definition) is 0. The molecule has 124 valence electrons. The topological polar surface area (TPSA) is 0 Å². The highest BCUT2D eigenvalue weighted by atomic mass is 14.3. The lowest BCUT2D eigenvalue weighted by molar-refractivity contribution is 1.26. The number of hydrogen-bond acceptors (Lipinski definition) is 0. The van der Waals surface area contributed by atoms with Gasteiger partial charge in [0.05, 0.1) is 0 Å². The fraction of sp³-hybridized carbons (Fsp3) is 0.0769. The Kier molecular flexibility index (Phi) is 3.50. The lowest BCUT2D eigenvalue weighted by atomic mass is 9.88. The monoisotopic (exact) mass is 332 g/mol. The van der Waals surface area contributed by atoms with Crippen molar-refractivity contribution in [3.05, 3.63) is 108 Å². The normalized spacial score (nSPS) is 11.9. The third kappa shape index (κ3) is 2.38. The molecule has 0 radical (unpaired) electrons. The maximum atomic E-state index is 2.31. The van der Waals surface area contributed by atoms with Gasteiger partial charge in [-0.2, -0.15) is 0 Å². The van der Waals surface area contributed by atoms with Crippen LogP contribution in [0.15, 0.2) is 91.0 Å². The summed E-state index contributed by atoms with van der Waals surface area (Å²) in [6, 6.07) is 33.1. The van der Waals surface area contributed by atoms with Crippen molar-refractivity contribution in [3.63, 3.8) is 0 Å². The maximum Gasteiger partial charge on any atom is -0.000706 e. The van der Waals surface area contributed by atoms with Gasteiger partial charge in [-0.3, -0.25) is 0 Å². The van der Waals surface area contributed by atoms with E-state index in [9.17, 15) is 0 Å². The second-order valence-electron chi connectivity index (χ2n) is 7.08. The van der Waals surface area contributed by atoms with Crippen LogP contribution in [0.5, 0.6) is 0 Å². The quantitative estimate of drug-likeness (QED) is 0.330. The van der Waals surface area contributed by atoms with Crippen molar-refractivity contribution in [2.75, 3.05) is 0 Å².